The Kier molecular flexibility index (Phi) is 6.87. The molecule has 2 aliphatic rings. The molecule has 2 aliphatic heterocycles. The van der Waals surface area contributed by atoms with E-state index in [0.717, 1.165) is 5.56 Å². The molecule has 0 radical (unpaired) electrons. The fourth-order valence-electron chi connectivity index (χ4n) is 6.17. The average molecular weight is 562 g/mol. The van der Waals surface area contributed by atoms with Gasteiger partial charge in [0, 0.05) is 36.8 Å². The van der Waals surface area contributed by atoms with Gasteiger partial charge in [0.2, 0.25) is 5.91 Å². The third kappa shape index (κ3) is 4.82. The van der Waals surface area contributed by atoms with E-state index >= 15 is 0 Å². The molecule has 2 atom stereocenters. The van der Waals surface area contributed by atoms with Gasteiger partial charge in [-0.25, -0.2) is 0 Å². The largest absolute Gasteiger partial charge is 0.416 e. The van der Waals surface area contributed by atoms with Gasteiger partial charge in [-0.05, 0) is 55.7 Å². The Morgan fingerprint density at radius 3 is 2.02 bits per heavy atom. The number of pyridine rings is 1. The van der Waals surface area contributed by atoms with Crippen molar-refractivity contribution in [3.63, 3.8) is 0 Å². The van der Waals surface area contributed by atoms with Crippen molar-refractivity contribution in [1.29, 1.82) is 0 Å². The fourth-order valence-corrected chi connectivity index (χ4v) is 6.17. The number of hydrogen-bond acceptors (Lipinski definition) is 3. The lowest BCUT2D eigenvalue weighted by molar-refractivity contribution is -0.143. The summed E-state index contributed by atoms with van der Waals surface area (Å²) in [7, 11) is 0. The summed E-state index contributed by atoms with van der Waals surface area (Å²) in [5.74, 6) is -1.35. The highest BCUT2D eigenvalue weighted by molar-refractivity contribution is 6.02. The van der Waals surface area contributed by atoms with Gasteiger partial charge in [-0.3, -0.25) is 14.6 Å². The maximum Gasteiger partial charge on any atom is 0.416 e. The van der Waals surface area contributed by atoms with Gasteiger partial charge in [-0.2, -0.15) is 26.3 Å². The van der Waals surface area contributed by atoms with E-state index in [1.54, 1.807) is 29.4 Å². The number of carbonyl (C=O) groups excluding carboxylic acids is 2. The van der Waals surface area contributed by atoms with E-state index in [1.165, 1.54) is 4.90 Å². The molecule has 2 amide bonds. The van der Waals surface area contributed by atoms with Crippen molar-refractivity contribution >= 4 is 17.5 Å². The summed E-state index contributed by atoms with van der Waals surface area (Å²) in [6.07, 6.45) is -6.53. The molecule has 40 heavy (non-hydrogen) atoms. The van der Waals surface area contributed by atoms with Gasteiger partial charge < -0.3 is 9.80 Å². The van der Waals surface area contributed by atoms with Crippen LogP contribution in [-0.4, -0.2) is 40.8 Å². The van der Waals surface area contributed by atoms with Crippen molar-refractivity contribution in [1.82, 2.24) is 9.88 Å². The number of halogens is 6. The number of benzene rings is 2. The van der Waals surface area contributed by atoms with Gasteiger partial charge in [-0.1, -0.05) is 30.3 Å². The van der Waals surface area contributed by atoms with Crippen LogP contribution >= 0.6 is 0 Å². The van der Waals surface area contributed by atoms with Crippen LogP contribution in [0.25, 0.3) is 0 Å². The molecule has 2 aromatic carbocycles. The Morgan fingerprint density at radius 1 is 0.900 bits per heavy atom. The first-order chi connectivity index (χ1) is 18.8. The predicted molar refractivity (Wildman–Crippen MR) is 134 cm³/mol. The number of anilines is 1. The minimum absolute atomic E-state index is 0.000890. The third-order valence-corrected chi connectivity index (χ3v) is 7.99. The normalized spacial score (nSPS) is 21.2. The molecule has 1 spiro atoms. The topological polar surface area (TPSA) is 53.5 Å². The van der Waals surface area contributed by atoms with Crippen molar-refractivity contribution in [3.05, 3.63) is 95.3 Å². The monoisotopic (exact) mass is 561 g/mol. The molecular formula is C29H25F6N3O2. The van der Waals surface area contributed by atoms with Gasteiger partial charge in [0.1, 0.15) is 0 Å². The van der Waals surface area contributed by atoms with Crippen molar-refractivity contribution in [2.45, 2.75) is 44.1 Å². The van der Waals surface area contributed by atoms with Crippen molar-refractivity contribution in [3.8, 4) is 0 Å². The van der Waals surface area contributed by atoms with E-state index in [9.17, 15) is 35.9 Å². The summed E-state index contributed by atoms with van der Waals surface area (Å²) < 4.78 is 80.2. The summed E-state index contributed by atoms with van der Waals surface area (Å²) in [4.78, 5) is 34.4. The molecule has 3 aromatic rings. The Hall–Kier alpha value is -3.89. The van der Waals surface area contributed by atoms with Crippen LogP contribution in [0.15, 0.2) is 73.1 Å². The second-order valence-electron chi connectivity index (χ2n) is 10.3. The van der Waals surface area contributed by atoms with Crippen molar-refractivity contribution < 1.29 is 35.9 Å². The SMILES string of the molecule is CC1C(c2ccccc2)C2(CCN(C(=O)c3cc(C(F)(F)F)cc(C(F)(F)F)c3)CC2)C(=O)N1c1cccnc1. The van der Waals surface area contributed by atoms with Gasteiger partial charge in [0.15, 0.2) is 0 Å². The molecule has 0 saturated carbocycles. The van der Waals surface area contributed by atoms with E-state index in [2.05, 4.69) is 4.98 Å². The van der Waals surface area contributed by atoms with Crippen LogP contribution in [0.2, 0.25) is 0 Å². The number of rotatable bonds is 3. The molecule has 5 rings (SSSR count). The zero-order chi connectivity index (χ0) is 28.9. The lowest BCUT2D eigenvalue weighted by Crippen LogP contribution is -2.48. The first kappa shape index (κ1) is 27.7. The second kappa shape index (κ2) is 9.94. The highest BCUT2D eigenvalue weighted by atomic mass is 19.4. The Labute approximate surface area is 226 Å². The average Bonchev–Trinajstić information content (AvgIpc) is 3.13. The molecule has 2 unspecified atom stereocenters. The predicted octanol–water partition coefficient (Wildman–Crippen LogP) is 6.56. The number of carbonyl (C=O) groups is 2. The number of amides is 2. The standard InChI is InChI=1S/C29H25F6N3O2/c1-18-24(19-6-3-2-4-7-19)27(26(40)38(18)23-8-5-11-36-17-23)9-12-37(13-10-27)25(39)20-14-21(28(30,31)32)16-22(15-20)29(33,34)35/h2-8,11,14-18,24H,9-10,12-13H2,1H3. The van der Waals surface area contributed by atoms with Gasteiger partial charge in [0.05, 0.1) is 28.4 Å². The first-order valence-electron chi connectivity index (χ1n) is 12.7. The molecular weight excluding hydrogens is 536 g/mol. The van der Waals surface area contributed by atoms with Gasteiger partial charge >= 0.3 is 12.4 Å². The van der Waals surface area contributed by atoms with E-state index in [1.807, 2.05) is 37.3 Å². The third-order valence-electron chi connectivity index (χ3n) is 7.99. The van der Waals surface area contributed by atoms with Crippen LogP contribution in [0.3, 0.4) is 0 Å². The minimum Gasteiger partial charge on any atom is -0.339 e. The van der Waals surface area contributed by atoms with E-state index in [4.69, 9.17) is 0 Å². The summed E-state index contributed by atoms with van der Waals surface area (Å²) in [6.45, 7) is 1.94. The highest BCUT2D eigenvalue weighted by Gasteiger charge is 2.59. The number of nitrogens with zero attached hydrogens (tertiary/aromatic N) is 3. The summed E-state index contributed by atoms with van der Waals surface area (Å²) in [5, 5.41) is 0. The minimum atomic E-state index is -5.06. The Bertz CT molecular complexity index is 1370. The van der Waals surface area contributed by atoms with Crippen molar-refractivity contribution in [2.75, 3.05) is 18.0 Å². The Balaban J connectivity index is 1.47. The molecule has 11 heteroatoms. The first-order valence-corrected chi connectivity index (χ1v) is 12.7. The molecule has 3 heterocycles. The highest BCUT2D eigenvalue weighted by Crippen LogP contribution is 2.55. The van der Waals surface area contributed by atoms with Crippen LogP contribution < -0.4 is 4.90 Å². The zero-order valence-corrected chi connectivity index (χ0v) is 21.3. The summed E-state index contributed by atoms with van der Waals surface area (Å²) >= 11 is 0. The van der Waals surface area contributed by atoms with Crippen LogP contribution in [0.4, 0.5) is 32.0 Å². The zero-order valence-electron chi connectivity index (χ0n) is 21.3. The number of alkyl halides is 6. The van der Waals surface area contributed by atoms with E-state index < -0.39 is 40.4 Å². The maximum absolute atomic E-state index is 14.1. The van der Waals surface area contributed by atoms with E-state index in [0.29, 0.717) is 17.8 Å². The molecule has 210 valence electrons. The van der Waals surface area contributed by atoms with Crippen LogP contribution in [0.1, 0.15) is 52.7 Å². The second-order valence-corrected chi connectivity index (χ2v) is 10.3. The molecule has 0 aliphatic carbocycles. The summed E-state index contributed by atoms with van der Waals surface area (Å²) in [5.41, 5.74) is -3.15. The lowest BCUT2D eigenvalue weighted by Gasteiger charge is -2.41. The number of piperidine rings is 1. The number of likely N-dealkylation sites (tertiary alicyclic amines) is 1. The number of aromatic nitrogens is 1. The van der Waals surface area contributed by atoms with Crippen LogP contribution in [-0.2, 0) is 17.1 Å². The Morgan fingerprint density at radius 2 is 1.50 bits per heavy atom. The van der Waals surface area contributed by atoms with Gasteiger partial charge in [-0.15, -0.1) is 0 Å². The molecule has 1 aromatic heterocycles. The van der Waals surface area contributed by atoms with E-state index in [-0.39, 0.29) is 49.9 Å². The van der Waals surface area contributed by atoms with Crippen LogP contribution in [0.5, 0.6) is 0 Å². The molecule has 0 bridgehead atoms. The maximum atomic E-state index is 14.1. The smallest absolute Gasteiger partial charge is 0.339 e. The molecule has 0 N–H and O–H groups in total. The van der Waals surface area contributed by atoms with Gasteiger partial charge in [0.25, 0.3) is 5.91 Å². The fraction of sp³-hybridized carbons (Fsp3) is 0.345. The summed E-state index contributed by atoms with van der Waals surface area (Å²) in [6, 6.07) is 13.6. The van der Waals surface area contributed by atoms with Crippen LogP contribution in [0, 0.1) is 5.41 Å². The molecule has 2 saturated heterocycles. The molecule has 5 nitrogen and oxygen atoms in total. The van der Waals surface area contributed by atoms with Crippen molar-refractivity contribution in [2.24, 2.45) is 5.41 Å². The number of hydrogen-bond donors (Lipinski definition) is 0. The quantitative estimate of drug-likeness (QED) is 0.341. The lowest BCUT2D eigenvalue weighted by atomic mass is 9.66. The molecule has 2 fully saturated rings.